The molecule has 2 saturated heterocycles. The van der Waals surface area contributed by atoms with Crippen LogP contribution in [0.1, 0.15) is 24.8 Å². The molecule has 0 bridgehead atoms. The zero-order valence-corrected chi connectivity index (χ0v) is 14.8. The van der Waals surface area contributed by atoms with E-state index in [1.165, 1.54) is 0 Å². The van der Waals surface area contributed by atoms with E-state index in [1.54, 1.807) is 24.3 Å². The predicted octanol–water partition coefficient (Wildman–Crippen LogP) is 1.21. The summed E-state index contributed by atoms with van der Waals surface area (Å²) in [5.41, 5.74) is 1.26. The maximum absolute atomic E-state index is 12.3. The number of anilines is 1. The van der Waals surface area contributed by atoms with Gasteiger partial charge in [0, 0.05) is 51.4 Å². The Morgan fingerprint density at radius 1 is 1.19 bits per heavy atom. The zero-order valence-electron chi connectivity index (χ0n) is 14.8. The number of ether oxygens (including phenoxy) is 1. The second-order valence-electron chi connectivity index (χ2n) is 6.66. The maximum atomic E-state index is 12.3. The number of piperazine rings is 1. The van der Waals surface area contributed by atoms with E-state index >= 15 is 0 Å². The first-order valence-electron chi connectivity index (χ1n) is 9.08. The topological polar surface area (TPSA) is 85.7 Å². The van der Waals surface area contributed by atoms with Crippen molar-refractivity contribution in [3.63, 3.8) is 0 Å². The lowest BCUT2D eigenvalue weighted by Crippen LogP contribution is -2.51. The molecule has 7 nitrogen and oxygen atoms in total. The van der Waals surface area contributed by atoms with Crippen molar-refractivity contribution in [2.45, 2.75) is 25.4 Å². The largest absolute Gasteiger partial charge is 0.368 e. The molecule has 1 N–H and O–H groups in total. The molecular formula is C19H24N4O3. The second kappa shape index (κ2) is 8.79. The lowest BCUT2D eigenvalue weighted by atomic mass is 10.2. The number of nitriles is 1. The van der Waals surface area contributed by atoms with Gasteiger partial charge in [0.15, 0.2) is 0 Å². The molecule has 26 heavy (non-hydrogen) atoms. The van der Waals surface area contributed by atoms with E-state index < -0.39 is 0 Å². The minimum absolute atomic E-state index is 0.0485. The van der Waals surface area contributed by atoms with Gasteiger partial charge in [0.25, 0.3) is 5.91 Å². The first-order valence-corrected chi connectivity index (χ1v) is 9.08. The fraction of sp³-hybridized carbons (Fsp3) is 0.526. The zero-order chi connectivity index (χ0) is 18.4. The molecule has 0 spiro atoms. The van der Waals surface area contributed by atoms with Gasteiger partial charge >= 0.3 is 0 Å². The molecule has 2 heterocycles. The van der Waals surface area contributed by atoms with Crippen LogP contribution in [0.4, 0.5) is 5.69 Å². The van der Waals surface area contributed by atoms with Crippen molar-refractivity contribution in [2.75, 3.05) is 44.6 Å². The van der Waals surface area contributed by atoms with Gasteiger partial charge in [-0.2, -0.15) is 5.26 Å². The van der Waals surface area contributed by atoms with Crippen molar-refractivity contribution >= 4 is 17.5 Å². The van der Waals surface area contributed by atoms with E-state index in [1.807, 2.05) is 11.0 Å². The summed E-state index contributed by atoms with van der Waals surface area (Å²) in [7, 11) is 0. The van der Waals surface area contributed by atoms with E-state index in [2.05, 4.69) is 10.2 Å². The van der Waals surface area contributed by atoms with Crippen molar-refractivity contribution in [3.05, 3.63) is 29.8 Å². The quantitative estimate of drug-likeness (QED) is 0.857. The summed E-state index contributed by atoms with van der Waals surface area (Å²) in [4.78, 5) is 28.5. The molecule has 0 saturated carbocycles. The molecule has 2 amide bonds. The fourth-order valence-electron chi connectivity index (χ4n) is 3.28. The van der Waals surface area contributed by atoms with Crippen LogP contribution in [0.3, 0.4) is 0 Å². The average Bonchev–Trinajstić information content (AvgIpc) is 3.21. The van der Waals surface area contributed by atoms with E-state index in [0.29, 0.717) is 43.9 Å². The van der Waals surface area contributed by atoms with Crippen LogP contribution in [0.25, 0.3) is 0 Å². The summed E-state index contributed by atoms with van der Waals surface area (Å²) >= 11 is 0. The van der Waals surface area contributed by atoms with Gasteiger partial charge in [-0.1, -0.05) is 0 Å². The number of hydrogen-bond donors (Lipinski definition) is 1. The first-order chi connectivity index (χ1) is 12.7. The van der Waals surface area contributed by atoms with E-state index in [0.717, 1.165) is 25.9 Å². The summed E-state index contributed by atoms with van der Waals surface area (Å²) < 4.78 is 5.47. The minimum Gasteiger partial charge on any atom is -0.368 e. The number of amides is 2. The number of nitrogens with zero attached hydrogens (tertiary/aromatic N) is 3. The number of benzene rings is 1. The molecule has 3 rings (SSSR count). The van der Waals surface area contributed by atoms with E-state index in [9.17, 15) is 9.59 Å². The van der Waals surface area contributed by atoms with Crippen LogP contribution < -0.4 is 5.32 Å². The summed E-state index contributed by atoms with van der Waals surface area (Å²) in [5.74, 6) is 0.0632. The monoisotopic (exact) mass is 356 g/mol. The SMILES string of the molecule is N#Cc1ccc(NC(=O)CCN2CCN(C(=O)C3CCCO3)CC2)cc1. The van der Waals surface area contributed by atoms with Gasteiger partial charge in [0.1, 0.15) is 6.10 Å². The van der Waals surface area contributed by atoms with Crippen LogP contribution in [-0.2, 0) is 14.3 Å². The van der Waals surface area contributed by atoms with Crippen molar-refractivity contribution < 1.29 is 14.3 Å². The summed E-state index contributed by atoms with van der Waals surface area (Å²) in [6.45, 7) is 4.30. The van der Waals surface area contributed by atoms with Crippen molar-refractivity contribution in [2.24, 2.45) is 0 Å². The molecule has 1 aromatic carbocycles. The summed E-state index contributed by atoms with van der Waals surface area (Å²) in [5, 5.41) is 11.6. The van der Waals surface area contributed by atoms with Crippen molar-refractivity contribution in [1.29, 1.82) is 5.26 Å². The van der Waals surface area contributed by atoms with Crippen molar-refractivity contribution in [3.8, 4) is 6.07 Å². The van der Waals surface area contributed by atoms with Crippen LogP contribution in [0.15, 0.2) is 24.3 Å². The molecule has 1 unspecified atom stereocenters. The molecule has 1 aromatic rings. The number of hydrogen-bond acceptors (Lipinski definition) is 5. The Bertz CT molecular complexity index is 669. The Labute approximate surface area is 153 Å². The number of rotatable bonds is 5. The Balaban J connectivity index is 1.37. The second-order valence-corrected chi connectivity index (χ2v) is 6.66. The third-order valence-electron chi connectivity index (χ3n) is 4.84. The molecule has 0 aliphatic carbocycles. The van der Waals surface area contributed by atoms with E-state index in [-0.39, 0.29) is 17.9 Å². The lowest BCUT2D eigenvalue weighted by molar-refractivity contribution is -0.142. The molecular weight excluding hydrogens is 332 g/mol. The Kier molecular flexibility index (Phi) is 6.21. The lowest BCUT2D eigenvalue weighted by Gasteiger charge is -2.35. The smallest absolute Gasteiger partial charge is 0.251 e. The molecule has 0 aromatic heterocycles. The number of nitrogens with one attached hydrogen (secondary N) is 1. The van der Waals surface area contributed by atoms with Crippen LogP contribution in [-0.4, -0.2) is 67.0 Å². The molecule has 2 aliphatic rings. The molecule has 7 heteroatoms. The van der Waals surface area contributed by atoms with Gasteiger partial charge in [-0.25, -0.2) is 0 Å². The fourth-order valence-corrected chi connectivity index (χ4v) is 3.28. The Morgan fingerprint density at radius 2 is 1.92 bits per heavy atom. The highest BCUT2D eigenvalue weighted by molar-refractivity contribution is 5.90. The first kappa shape index (κ1) is 18.4. The summed E-state index contributed by atoms with van der Waals surface area (Å²) in [6.07, 6.45) is 1.94. The van der Waals surface area contributed by atoms with Gasteiger partial charge in [0.05, 0.1) is 11.6 Å². The maximum Gasteiger partial charge on any atom is 0.251 e. The van der Waals surface area contributed by atoms with Crippen LogP contribution in [0.2, 0.25) is 0 Å². The third kappa shape index (κ3) is 4.81. The summed E-state index contributed by atoms with van der Waals surface area (Å²) in [6, 6.07) is 8.87. The predicted molar refractivity (Wildman–Crippen MR) is 96.4 cm³/mol. The van der Waals surface area contributed by atoms with Gasteiger partial charge in [0.2, 0.25) is 5.91 Å². The van der Waals surface area contributed by atoms with E-state index in [4.69, 9.17) is 10.00 Å². The molecule has 2 aliphatic heterocycles. The Hall–Kier alpha value is -2.43. The average molecular weight is 356 g/mol. The third-order valence-corrected chi connectivity index (χ3v) is 4.84. The molecule has 138 valence electrons. The number of carbonyl (C=O) groups excluding carboxylic acids is 2. The Morgan fingerprint density at radius 3 is 2.54 bits per heavy atom. The normalized spacial score (nSPS) is 20.6. The molecule has 0 radical (unpaired) electrons. The van der Waals surface area contributed by atoms with Gasteiger partial charge in [-0.3, -0.25) is 14.5 Å². The highest BCUT2D eigenvalue weighted by Gasteiger charge is 2.30. The van der Waals surface area contributed by atoms with Crippen LogP contribution in [0.5, 0.6) is 0 Å². The number of carbonyl (C=O) groups is 2. The van der Waals surface area contributed by atoms with Gasteiger partial charge in [-0.15, -0.1) is 0 Å². The highest BCUT2D eigenvalue weighted by atomic mass is 16.5. The van der Waals surface area contributed by atoms with Gasteiger partial charge < -0.3 is 15.0 Å². The van der Waals surface area contributed by atoms with Crippen LogP contribution >= 0.6 is 0 Å². The van der Waals surface area contributed by atoms with Crippen LogP contribution in [0, 0.1) is 11.3 Å². The highest BCUT2D eigenvalue weighted by Crippen LogP contribution is 2.16. The molecule has 1 atom stereocenters. The molecule has 2 fully saturated rings. The van der Waals surface area contributed by atoms with Gasteiger partial charge in [-0.05, 0) is 37.1 Å². The van der Waals surface area contributed by atoms with Crippen molar-refractivity contribution in [1.82, 2.24) is 9.80 Å². The minimum atomic E-state index is -0.250. The standard InChI is InChI=1S/C19H24N4O3/c20-14-15-3-5-16(6-4-15)21-18(24)7-8-22-9-11-23(12-10-22)19(25)17-2-1-13-26-17/h3-6,17H,1-2,7-13H2,(H,21,24).